The summed E-state index contributed by atoms with van der Waals surface area (Å²) in [5.41, 5.74) is 0. The van der Waals surface area contributed by atoms with Gasteiger partial charge in [0, 0.05) is 26.7 Å². The number of ether oxygens (including phenoxy) is 10. The first kappa shape index (κ1) is 99.9. The number of aliphatic carboxylic acids is 1. The number of carbonyl (C=O) groups excluding carboxylic acids is 3. The van der Waals surface area contributed by atoms with Crippen LogP contribution in [0.3, 0.4) is 0 Å². The van der Waals surface area contributed by atoms with Gasteiger partial charge in [-0.3, -0.25) is 14.4 Å². The maximum absolute atomic E-state index is 13.8. The van der Waals surface area contributed by atoms with Crippen molar-refractivity contribution in [3.05, 3.63) is 24.3 Å². The molecule has 5 fully saturated rings. The lowest BCUT2D eigenvalue weighted by atomic mass is 9.88. The number of hydrogen-bond donors (Lipinski definition) is 20. The molecule has 5 saturated heterocycles. The lowest BCUT2D eigenvalue weighted by Gasteiger charge is -2.52. The molecule has 28 atom stereocenters. The summed E-state index contributed by atoms with van der Waals surface area (Å²) >= 11 is 0. The fourth-order valence-corrected chi connectivity index (χ4v) is 15.1. The van der Waals surface area contributed by atoms with Gasteiger partial charge < -0.3 is 150 Å². The predicted molar refractivity (Wildman–Crippen MR) is 406 cm³/mol. The number of aliphatic hydroxyl groups excluding tert-OH is 16. The zero-order chi connectivity index (χ0) is 83.0. The Morgan fingerprint density at radius 1 is 0.460 bits per heavy atom. The summed E-state index contributed by atoms with van der Waals surface area (Å²) in [5.74, 6) is -7.71. The molecule has 0 aromatic heterocycles. The van der Waals surface area contributed by atoms with E-state index in [1.54, 1.807) is 6.08 Å². The molecule has 0 aliphatic carbocycles. The van der Waals surface area contributed by atoms with Crippen LogP contribution >= 0.6 is 0 Å². The molecule has 20 N–H and O–H groups in total. The largest absolute Gasteiger partial charge is 0.477 e. The number of amides is 3. The van der Waals surface area contributed by atoms with Crippen molar-refractivity contribution in [3.8, 4) is 0 Å². The van der Waals surface area contributed by atoms with Gasteiger partial charge in [0.25, 0.3) is 5.79 Å². The molecule has 0 bridgehead atoms. The molecule has 0 aromatic carbocycles. The van der Waals surface area contributed by atoms with Gasteiger partial charge in [0.1, 0.15) is 116 Å². The van der Waals surface area contributed by atoms with E-state index in [-0.39, 0.29) is 12.3 Å². The van der Waals surface area contributed by atoms with Crippen molar-refractivity contribution in [1.82, 2.24) is 16.0 Å². The molecule has 34 nitrogen and oxygen atoms in total. The molecule has 5 aliphatic heterocycles. The van der Waals surface area contributed by atoms with Crippen molar-refractivity contribution < 1.29 is 153 Å². The molecule has 3 amide bonds. The minimum absolute atomic E-state index is 0.131. The van der Waals surface area contributed by atoms with Gasteiger partial charge in [-0.15, -0.1) is 0 Å². The Hall–Kier alpha value is -3.68. The van der Waals surface area contributed by atoms with Crippen LogP contribution in [0.1, 0.15) is 240 Å². The lowest BCUT2D eigenvalue weighted by molar-refractivity contribution is -0.403. The third kappa shape index (κ3) is 32.4. The molecule has 0 spiro atoms. The van der Waals surface area contributed by atoms with Crippen molar-refractivity contribution in [2.24, 2.45) is 0 Å². The van der Waals surface area contributed by atoms with Gasteiger partial charge in [0.2, 0.25) is 17.7 Å². The summed E-state index contributed by atoms with van der Waals surface area (Å²) in [5, 5.41) is 197. The number of carboxylic acid groups (broad SMARTS) is 1. The lowest BCUT2D eigenvalue weighted by Crippen LogP contribution is -2.72. The van der Waals surface area contributed by atoms with Crippen LogP contribution < -0.4 is 16.0 Å². The highest BCUT2D eigenvalue weighted by atomic mass is 16.8. The number of nitrogens with one attached hydrogen (secondary N) is 3. The van der Waals surface area contributed by atoms with E-state index in [9.17, 15) is 106 Å². The number of carboxylic acids is 1. The Kier molecular flexibility index (Phi) is 48.2. The van der Waals surface area contributed by atoms with Crippen molar-refractivity contribution in [1.29, 1.82) is 0 Å². The number of unbranched alkanes of at least 4 members (excludes halogenated alkanes) is 28. The quantitative estimate of drug-likeness (QED) is 0.0299. The highest BCUT2D eigenvalue weighted by molar-refractivity contribution is 5.77. The van der Waals surface area contributed by atoms with E-state index in [4.69, 9.17) is 47.4 Å². The Morgan fingerprint density at radius 2 is 0.885 bits per heavy atom. The molecular weight excluding hydrogens is 1490 g/mol. The second-order valence-corrected chi connectivity index (χ2v) is 31.0. The average Bonchev–Trinajstić information content (AvgIpc) is 0.767. The summed E-state index contributed by atoms with van der Waals surface area (Å²) in [7, 11) is 0. The molecular formula is C79H141N3O31. The monoisotopic (exact) mass is 1630 g/mol. The molecule has 0 unspecified atom stereocenters. The topological polar surface area (TPSA) is 541 Å². The first-order chi connectivity index (χ1) is 54.3. The van der Waals surface area contributed by atoms with Crippen LogP contribution in [0.2, 0.25) is 0 Å². The zero-order valence-electron chi connectivity index (χ0n) is 66.8. The van der Waals surface area contributed by atoms with E-state index >= 15 is 0 Å². The molecule has 34 heteroatoms. The van der Waals surface area contributed by atoms with Crippen LogP contribution in [-0.2, 0) is 66.5 Å². The van der Waals surface area contributed by atoms with Gasteiger partial charge in [-0.25, -0.2) is 4.79 Å². The number of aliphatic hydroxyl groups is 16. The standard InChI is InChI=1S/C79H141N3O31/c1-5-7-9-11-13-15-17-19-20-21-22-23-24-25-26-28-30-32-34-36-38-40-58(93)82-50(51(90)39-37-35-33-31-29-27-18-16-14-12-10-8-6-2)47-104-75-67(100)65(98)69(56(45-86)107-75)109-77-68(101)73(113-79(78(102)103)41-52(91)59(80-48(3)88)72(112-79)61(94)53(92)42-83)70(57(46-87)108-77)110-74-60(81-49(4)89)71(63(96)55(44-85)105-74)111-76-66(99)64(97)62(95)54(43-84)106-76/h19-20,37,39,50-57,59-77,83-87,90-92,94-101H,5-18,21-36,38,40-47H2,1-4H3,(H,80,88)(H,81,89)(H,82,93)(H,102,103)/b20-19-,39-37+/t50-,51+,52-,53+,54+,55+,56+,57+,59+,60+,61+,62-,63-,64-,65+,66+,67+,68+,69+,70-,71+,72+,73+,74-,75+,76-,77-,79-/m0/s1. The van der Waals surface area contributed by atoms with Crippen molar-refractivity contribution in [2.75, 3.05) is 39.6 Å². The Morgan fingerprint density at radius 3 is 1.39 bits per heavy atom. The molecule has 5 rings (SSSR count). The normalized spacial score (nSPS) is 33.5. The van der Waals surface area contributed by atoms with E-state index in [0.29, 0.717) is 12.8 Å². The Labute approximate surface area is 665 Å². The second-order valence-electron chi connectivity index (χ2n) is 31.0. The van der Waals surface area contributed by atoms with Crippen LogP contribution in [0.15, 0.2) is 24.3 Å². The number of carbonyl (C=O) groups is 4. The Bertz CT molecular complexity index is 2660. The number of rotatable bonds is 57. The van der Waals surface area contributed by atoms with E-state index in [1.807, 2.05) is 6.08 Å². The smallest absolute Gasteiger partial charge is 0.364 e. The van der Waals surface area contributed by atoms with Crippen LogP contribution in [0.5, 0.6) is 0 Å². The molecule has 0 saturated carbocycles. The third-order valence-corrected chi connectivity index (χ3v) is 21.7. The Balaban J connectivity index is 1.34. The number of allylic oxidation sites excluding steroid dienone is 3. The van der Waals surface area contributed by atoms with Gasteiger partial charge in [-0.05, 0) is 44.9 Å². The molecule has 113 heavy (non-hydrogen) atoms. The first-order valence-corrected chi connectivity index (χ1v) is 41.7. The summed E-state index contributed by atoms with van der Waals surface area (Å²) in [6.45, 7) is 0.334. The highest BCUT2D eigenvalue weighted by Gasteiger charge is 2.62. The highest BCUT2D eigenvalue weighted by Crippen LogP contribution is 2.41. The van der Waals surface area contributed by atoms with E-state index < -0.39 is 235 Å². The molecule has 5 heterocycles. The van der Waals surface area contributed by atoms with Crippen molar-refractivity contribution >= 4 is 23.7 Å². The maximum Gasteiger partial charge on any atom is 0.364 e. The summed E-state index contributed by atoms with van der Waals surface area (Å²) in [4.78, 5) is 53.1. The van der Waals surface area contributed by atoms with Crippen LogP contribution in [-0.4, -0.2) is 321 Å². The third-order valence-electron chi connectivity index (χ3n) is 21.7. The van der Waals surface area contributed by atoms with Crippen molar-refractivity contribution in [2.45, 2.75) is 411 Å². The second kappa shape index (κ2) is 54.5. The number of hydrogen-bond acceptors (Lipinski definition) is 30. The predicted octanol–water partition coefficient (Wildman–Crippen LogP) is 1.07. The zero-order valence-corrected chi connectivity index (χ0v) is 66.8. The molecule has 0 radical (unpaired) electrons. The van der Waals surface area contributed by atoms with E-state index in [1.165, 1.54) is 122 Å². The molecule has 658 valence electrons. The summed E-state index contributed by atoms with van der Waals surface area (Å²) in [6, 6.07) is -4.81. The molecule has 0 aromatic rings. The first-order valence-electron chi connectivity index (χ1n) is 41.7. The van der Waals surface area contributed by atoms with E-state index in [0.717, 1.165) is 78.1 Å². The van der Waals surface area contributed by atoms with Crippen LogP contribution in [0.4, 0.5) is 0 Å². The molecule has 5 aliphatic rings. The van der Waals surface area contributed by atoms with Gasteiger partial charge in [-0.2, -0.15) is 0 Å². The minimum atomic E-state index is -3.38. The van der Waals surface area contributed by atoms with Crippen LogP contribution in [0.25, 0.3) is 0 Å². The maximum atomic E-state index is 13.8. The SMILES string of the molecule is CCCCCCCC/C=C\CCCCCCCCCCCCCC(=O)N[C@@H](CO[C@@H]1O[C@H](CO)[C@@H](O[C@@H]2O[C@H](CO)[C@H](O[C@@H]3O[C@H](CO)[C@H](O)[C@H](O[C@@H]4O[C@H](CO)[C@H](O)[C@H](O)[C@H]4O)[C@H]3NC(C)=O)[C@H](O[C@]3(C(=O)O)C[C@H](O)[C@@H](NC(C)=O)[C@H]([C@H](O)[C@H](O)CO)O3)[C@H]2O)[C@H](O)[C@H]1O)[C@H](O)/C=C/CCCCCCCCCCCCC. The summed E-state index contributed by atoms with van der Waals surface area (Å²) in [6.07, 6.45) is -7.34. The van der Waals surface area contributed by atoms with Crippen LogP contribution in [0, 0.1) is 0 Å². The minimum Gasteiger partial charge on any atom is -0.477 e. The van der Waals surface area contributed by atoms with Gasteiger partial charge >= 0.3 is 5.97 Å². The fourth-order valence-electron chi connectivity index (χ4n) is 15.1. The average molecular weight is 1630 g/mol. The summed E-state index contributed by atoms with van der Waals surface area (Å²) < 4.78 is 60.2. The van der Waals surface area contributed by atoms with Crippen molar-refractivity contribution in [3.63, 3.8) is 0 Å². The van der Waals surface area contributed by atoms with Gasteiger partial charge in [0.05, 0.1) is 63.9 Å². The van der Waals surface area contributed by atoms with Gasteiger partial charge in [-0.1, -0.05) is 192 Å². The van der Waals surface area contributed by atoms with E-state index in [2.05, 4.69) is 41.9 Å². The fraction of sp³-hybridized carbons (Fsp3) is 0.899. The van der Waals surface area contributed by atoms with Gasteiger partial charge in [0.15, 0.2) is 25.2 Å².